The number of ketones is 1. The van der Waals surface area contributed by atoms with Crippen LogP contribution >= 0.6 is 11.3 Å². The number of carbonyl (C=O) groups is 1. The van der Waals surface area contributed by atoms with E-state index in [1.165, 1.54) is 50.5 Å². The highest BCUT2D eigenvalue weighted by atomic mass is 32.2. The van der Waals surface area contributed by atoms with Crippen molar-refractivity contribution in [1.82, 2.24) is 9.71 Å². The number of benzene rings is 1. The SMILES string of the molecule is CC(=O)c1ccc(S(=O)(=O)NCCc2csc(N3CCCCC3)n2)cc1. The monoisotopic (exact) mass is 393 g/mol. The summed E-state index contributed by atoms with van der Waals surface area (Å²) in [6.45, 7) is 3.85. The van der Waals surface area contributed by atoms with Gasteiger partial charge in [0.25, 0.3) is 0 Å². The van der Waals surface area contributed by atoms with E-state index >= 15 is 0 Å². The normalized spacial score (nSPS) is 15.2. The van der Waals surface area contributed by atoms with Crippen LogP contribution in [0.1, 0.15) is 42.2 Å². The van der Waals surface area contributed by atoms with E-state index in [-0.39, 0.29) is 10.7 Å². The summed E-state index contributed by atoms with van der Waals surface area (Å²) in [6.07, 6.45) is 4.24. The summed E-state index contributed by atoms with van der Waals surface area (Å²) in [5.74, 6) is -0.0880. The predicted molar refractivity (Wildman–Crippen MR) is 104 cm³/mol. The molecular weight excluding hydrogens is 370 g/mol. The van der Waals surface area contributed by atoms with Crippen LogP contribution in [-0.4, -0.2) is 38.8 Å². The Labute approximate surface area is 158 Å². The minimum absolute atomic E-state index is 0.0880. The summed E-state index contributed by atoms with van der Waals surface area (Å²) in [4.78, 5) is 18.4. The Hall–Kier alpha value is -1.77. The molecule has 1 N–H and O–H groups in total. The van der Waals surface area contributed by atoms with Gasteiger partial charge in [-0.3, -0.25) is 4.79 Å². The van der Waals surface area contributed by atoms with Crippen molar-refractivity contribution in [3.05, 3.63) is 40.9 Å². The quantitative estimate of drug-likeness (QED) is 0.732. The molecule has 2 aromatic rings. The predicted octanol–water partition coefficient (Wildman–Crippen LogP) is 2.86. The molecule has 0 saturated carbocycles. The molecule has 0 radical (unpaired) electrons. The molecular formula is C18H23N3O3S2. The van der Waals surface area contributed by atoms with Gasteiger partial charge >= 0.3 is 0 Å². The molecule has 0 atom stereocenters. The van der Waals surface area contributed by atoms with E-state index in [1.807, 2.05) is 5.38 Å². The highest BCUT2D eigenvalue weighted by Gasteiger charge is 2.16. The van der Waals surface area contributed by atoms with Gasteiger partial charge in [0.05, 0.1) is 10.6 Å². The zero-order valence-electron chi connectivity index (χ0n) is 14.8. The van der Waals surface area contributed by atoms with Crippen LogP contribution in [0, 0.1) is 0 Å². The van der Waals surface area contributed by atoms with E-state index in [4.69, 9.17) is 0 Å². The highest BCUT2D eigenvalue weighted by Crippen LogP contribution is 2.24. The Kier molecular flexibility index (Phi) is 6.05. The van der Waals surface area contributed by atoms with Crippen LogP contribution in [0.4, 0.5) is 5.13 Å². The topological polar surface area (TPSA) is 79.4 Å². The van der Waals surface area contributed by atoms with Crippen LogP contribution in [0.15, 0.2) is 34.5 Å². The van der Waals surface area contributed by atoms with E-state index in [0.29, 0.717) is 18.5 Å². The zero-order chi connectivity index (χ0) is 18.6. The number of thiazole rings is 1. The average molecular weight is 394 g/mol. The summed E-state index contributed by atoms with van der Waals surface area (Å²) < 4.78 is 27.3. The number of hydrogen-bond acceptors (Lipinski definition) is 6. The largest absolute Gasteiger partial charge is 0.348 e. The minimum atomic E-state index is -3.58. The molecule has 0 unspecified atom stereocenters. The van der Waals surface area contributed by atoms with Gasteiger partial charge in [0.2, 0.25) is 10.0 Å². The van der Waals surface area contributed by atoms with Crippen molar-refractivity contribution >= 4 is 32.3 Å². The Balaban J connectivity index is 1.55. The van der Waals surface area contributed by atoms with Crippen LogP contribution in [0.5, 0.6) is 0 Å². The first kappa shape index (κ1) is 19.0. The molecule has 0 bridgehead atoms. The fraction of sp³-hybridized carbons (Fsp3) is 0.444. The van der Waals surface area contributed by atoms with Crippen molar-refractivity contribution in [1.29, 1.82) is 0 Å². The first-order valence-electron chi connectivity index (χ1n) is 8.76. The van der Waals surface area contributed by atoms with Crippen LogP contribution in [-0.2, 0) is 16.4 Å². The maximum Gasteiger partial charge on any atom is 0.240 e. The molecule has 140 valence electrons. The molecule has 1 aliphatic rings. The van der Waals surface area contributed by atoms with E-state index in [2.05, 4.69) is 14.6 Å². The molecule has 0 amide bonds. The number of piperidine rings is 1. The maximum atomic E-state index is 12.3. The molecule has 3 rings (SSSR count). The van der Waals surface area contributed by atoms with Gasteiger partial charge in [0.1, 0.15) is 0 Å². The van der Waals surface area contributed by atoms with Crippen molar-refractivity contribution < 1.29 is 13.2 Å². The molecule has 0 aliphatic carbocycles. The zero-order valence-corrected chi connectivity index (χ0v) is 16.4. The van der Waals surface area contributed by atoms with Gasteiger partial charge in [0, 0.05) is 37.0 Å². The third-order valence-corrected chi connectivity index (χ3v) is 6.84. The van der Waals surface area contributed by atoms with Crippen molar-refractivity contribution in [2.45, 2.75) is 37.5 Å². The number of nitrogens with zero attached hydrogens (tertiary/aromatic N) is 2. The molecule has 6 nitrogen and oxygen atoms in total. The third-order valence-electron chi connectivity index (χ3n) is 4.41. The minimum Gasteiger partial charge on any atom is -0.348 e. The van der Waals surface area contributed by atoms with Gasteiger partial charge in [-0.05, 0) is 38.3 Å². The summed E-state index contributed by atoms with van der Waals surface area (Å²) in [5, 5.41) is 3.03. The molecule has 26 heavy (non-hydrogen) atoms. The summed E-state index contributed by atoms with van der Waals surface area (Å²) >= 11 is 1.62. The Morgan fingerprint density at radius 2 is 1.88 bits per heavy atom. The summed E-state index contributed by atoms with van der Waals surface area (Å²) in [5.41, 5.74) is 1.40. The summed E-state index contributed by atoms with van der Waals surface area (Å²) in [6, 6.07) is 5.97. The van der Waals surface area contributed by atoms with E-state index in [1.54, 1.807) is 11.3 Å². The second kappa shape index (κ2) is 8.28. The van der Waals surface area contributed by atoms with E-state index in [9.17, 15) is 13.2 Å². The van der Waals surface area contributed by atoms with Gasteiger partial charge in [-0.15, -0.1) is 11.3 Å². The molecule has 1 saturated heterocycles. The number of sulfonamides is 1. The number of Topliss-reactive ketones (excluding diaryl/α,β-unsaturated/α-hetero) is 1. The molecule has 8 heteroatoms. The lowest BCUT2D eigenvalue weighted by atomic mass is 10.1. The van der Waals surface area contributed by atoms with Gasteiger partial charge < -0.3 is 4.90 Å². The second-order valence-corrected chi connectivity index (χ2v) is 9.00. The summed E-state index contributed by atoms with van der Waals surface area (Å²) in [7, 11) is -3.58. The lowest BCUT2D eigenvalue weighted by Crippen LogP contribution is -2.29. The molecule has 1 aromatic carbocycles. The van der Waals surface area contributed by atoms with E-state index < -0.39 is 10.0 Å². The third kappa shape index (κ3) is 4.69. The first-order valence-corrected chi connectivity index (χ1v) is 11.1. The maximum absolute atomic E-state index is 12.3. The van der Waals surface area contributed by atoms with E-state index in [0.717, 1.165) is 23.9 Å². The average Bonchev–Trinajstić information content (AvgIpc) is 3.11. The lowest BCUT2D eigenvalue weighted by molar-refractivity contribution is 0.101. The van der Waals surface area contributed by atoms with Gasteiger partial charge in [0.15, 0.2) is 10.9 Å². The van der Waals surface area contributed by atoms with Crippen molar-refractivity contribution in [2.24, 2.45) is 0 Å². The Morgan fingerprint density at radius 3 is 2.54 bits per heavy atom. The standard InChI is InChI=1S/C18H23N3O3S2/c1-14(22)15-5-7-17(8-6-15)26(23,24)19-10-9-16-13-25-18(20-16)21-11-3-2-4-12-21/h5-8,13,19H,2-4,9-12H2,1H3. The van der Waals surface area contributed by atoms with Gasteiger partial charge in [-0.25, -0.2) is 18.1 Å². The van der Waals surface area contributed by atoms with Crippen LogP contribution in [0.3, 0.4) is 0 Å². The van der Waals surface area contributed by atoms with Crippen LogP contribution in [0.2, 0.25) is 0 Å². The van der Waals surface area contributed by atoms with Crippen molar-refractivity contribution in [3.63, 3.8) is 0 Å². The highest BCUT2D eigenvalue weighted by molar-refractivity contribution is 7.89. The molecule has 1 aromatic heterocycles. The fourth-order valence-electron chi connectivity index (χ4n) is 2.91. The van der Waals surface area contributed by atoms with Crippen molar-refractivity contribution in [2.75, 3.05) is 24.5 Å². The Bertz CT molecular complexity index is 854. The number of anilines is 1. The molecule has 1 fully saturated rings. The van der Waals surface area contributed by atoms with Crippen LogP contribution < -0.4 is 9.62 Å². The smallest absolute Gasteiger partial charge is 0.240 e. The van der Waals surface area contributed by atoms with Crippen LogP contribution in [0.25, 0.3) is 0 Å². The molecule has 1 aliphatic heterocycles. The molecule has 2 heterocycles. The number of carbonyl (C=O) groups excluding carboxylic acids is 1. The number of hydrogen-bond donors (Lipinski definition) is 1. The fourth-order valence-corrected chi connectivity index (χ4v) is 4.85. The number of aromatic nitrogens is 1. The Morgan fingerprint density at radius 1 is 1.19 bits per heavy atom. The lowest BCUT2D eigenvalue weighted by Gasteiger charge is -2.25. The number of nitrogens with one attached hydrogen (secondary N) is 1. The first-order chi connectivity index (χ1) is 12.5. The van der Waals surface area contributed by atoms with Crippen molar-refractivity contribution in [3.8, 4) is 0 Å². The second-order valence-electron chi connectivity index (χ2n) is 6.40. The molecule has 0 spiro atoms. The number of rotatable bonds is 7. The van der Waals surface area contributed by atoms with Gasteiger partial charge in [-0.2, -0.15) is 0 Å². The van der Waals surface area contributed by atoms with Gasteiger partial charge in [-0.1, -0.05) is 12.1 Å².